The number of carbonyl (C=O) groups excluding carboxylic acids is 2. The average molecular weight is 375 g/mol. The molecule has 0 aliphatic carbocycles. The number of aromatic nitrogens is 1. The largest absolute Gasteiger partial charge is 0.344 e. The van der Waals surface area contributed by atoms with Crippen LogP contribution >= 0.6 is 11.3 Å². The van der Waals surface area contributed by atoms with Crippen LogP contribution in [0.3, 0.4) is 0 Å². The molecule has 0 radical (unpaired) electrons. The van der Waals surface area contributed by atoms with Gasteiger partial charge in [0.05, 0.1) is 16.8 Å². The van der Waals surface area contributed by atoms with Crippen molar-refractivity contribution in [2.24, 2.45) is 5.92 Å². The lowest BCUT2D eigenvalue weighted by Gasteiger charge is -2.36. The Kier molecular flexibility index (Phi) is 5.88. The highest BCUT2D eigenvalue weighted by atomic mass is 32.1. The summed E-state index contributed by atoms with van der Waals surface area (Å²) in [5.41, 5.74) is 1.05. The van der Waals surface area contributed by atoms with Gasteiger partial charge >= 0.3 is 0 Å². The standard InChI is InChI=1S/C19H26N4O2S/c1-13(2)18(20-14(3)24)19(25)23-10-8-22(9-11-23)12-17-21-15-6-4-5-7-16(15)26-17/h4-7,13,18H,8-12H2,1-3H3,(H,20,24)/t18-/m0/s1. The zero-order chi connectivity index (χ0) is 18.7. The van der Waals surface area contributed by atoms with Crippen molar-refractivity contribution >= 4 is 33.4 Å². The number of para-hydroxylation sites is 1. The van der Waals surface area contributed by atoms with Crippen LogP contribution in [-0.2, 0) is 16.1 Å². The molecule has 6 nitrogen and oxygen atoms in total. The second-order valence-corrected chi connectivity index (χ2v) is 8.21. The quantitative estimate of drug-likeness (QED) is 0.870. The Balaban J connectivity index is 1.56. The van der Waals surface area contributed by atoms with Crippen molar-refractivity contribution in [3.63, 3.8) is 0 Å². The summed E-state index contributed by atoms with van der Waals surface area (Å²) >= 11 is 1.73. The van der Waals surface area contributed by atoms with Crippen LogP contribution in [0.15, 0.2) is 24.3 Å². The first-order chi connectivity index (χ1) is 12.4. The van der Waals surface area contributed by atoms with Gasteiger partial charge in [-0.1, -0.05) is 26.0 Å². The zero-order valence-corrected chi connectivity index (χ0v) is 16.4. The molecule has 1 saturated heterocycles. The molecule has 1 N–H and O–H groups in total. The molecule has 1 fully saturated rings. The van der Waals surface area contributed by atoms with E-state index in [-0.39, 0.29) is 17.7 Å². The third-order valence-electron chi connectivity index (χ3n) is 4.67. The smallest absolute Gasteiger partial charge is 0.245 e. The van der Waals surface area contributed by atoms with Gasteiger partial charge in [0.2, 0.25) is 11.8 Å². The molecule has 3 rings (SSSR count). The Bertz CT molecular complexity index is 748. The summed E-state index contributed by atoms with van der Waals surface area (Å²) in [4.78, 5) is 33.0. The first-order valence-corrected chi connectivity index (χ1v) is 9.88. The fraction of sp³-hybridized carbons (Fsp3) is 0.526. The number of nitrogens with zero attached hydrogens (tertiary/aromatic N) is 3. The Morgan fingerprint density at radius 3 is 2.50 bits per heavy atom. The summed E-state index contributed by atoms with van der Waals surface area (Å²) in [7, 11) is 0. The molecule has 26 heavy (non-hydrogen) atoms. The lowest BCUT2D eigenvalue weighted by Crippen LogP contribution is -2.56. The van der Waals surface area contributed by atoms with Crippen LogP contribution in [0, 0.1) is 5.92 Å². The first kappa shape index (κ1) is 18.8. The highest BCUT2D eigenvalue weighted by Gasteiger charge is 2.30. The van der Waals surface area contributed by atoms with Crippen LogP contribution in [0.2, 0.25) is 0 Å². The van der Waals surface area contributed by atoms with Crippen molar-refractivity contribution in [1.82, 2.24) is 20.1 Å². The van der Waals surface area contributed by atoms with Gasteiger partial charge in [-0.05, 0) is 18.1 Å². The SMILES string of the molecule is CC(=O)N[C@H](C(=O)N1CCN(Cc2nc3ccccc3s2)CC1)C(C)C. The van der Waals surface area contributed by atoms with Crippen molar-refractivity contribution in [3.05, 3.63) is 29.3 Å². The van der Waals surface area contributed by atoms with E-state index < -0.39 is 6.04 Å². The third kappa shape index (κ3) is 4.40. The number of benzene rings is 1. The first-order valence-electron chi connectivity index (χ1n) is 9.06. The minimum Gasteiger partial charge on any atom is -0.344 e. The number of amides is 2. The van der Waals surface area contributed by atoms with Gasteiger partial charge in [-0.25, -0.2) is 4.98 Å². The third-order valence-corrected chi connectivity index (χ3v) is 5.69. The molecule has 0 saturated carbocycles. The fourth-order valence-corrected chi connectivity index (χ4v) is 4.24. The van der Waals surface area contributed by atoms with Gasteiger partial charge in [-0.3, -0.25) is 14.5 Å². The van der Waals surface area contributed by atoms with Crippen molar-refractivity contribution in [3.8, 4) is 0 Å². The van der Waals surface area contributed by atoms with Crippen molar-refractivity contribution < 1.29 is 9.59 Å². The number of hydrogen-bond acceptors (Lipinski definition) is 5. The molecule has 1 atom stereocenters. The number of carbonyl (C=O) groups is 2. The monoisotopic (exact) mass is 374 g/mol. The molecule has 0 spiro atoms. The molecule has 0 bridgehead atoms. The van der Waals surface area contributed by atoms with E-state index in [1.54, 1.807) is 11.3 Å². The predicted octanol–water partition coefficient (Wildman–Crippen LogP) is 2.10. The summed E-state index contributed by atoms with van der Waals surface area (Å²) in [5.74, 6) is -0.0615. The molecule has 2 aromatic rings. The van der Waals surface area contributed by atoms with Crippen molar-refractivity contribution in [2.75, 3.05) is 26.2 Å². The fourth-order valence-electron chi connectivity index (χ4n) is 3.23. The Morgan fingerprint density at radius 1 is 1.19 bits per heavy atom. The molecular weight excluding hydrogens is 348 g/mol. The molecule has 2 amide bonds. The summed E-state index contributed by atoms with van der Waals surface area (Å²) in [6.45, 7) is 9.22. The van der Waals surface area contributed by atoms with E-state index >= 15 is 0 Å². The van der Waals surface area contributed by atoms with Crippen LogP contribution in [0.4, 0.5) is 0 Å². The molecule has 1 aliphatic rings. The van der Waals surface area contributed by atoms with E-state index in [0.29, 0.717) is 13.1 Å². The van der Waals surface area contributed by atoms with Crippen molar-refractivity contribution in [1.29, 1.82) is 0 Å². The maximum atomic E-state index is 12.7. The van der Waals surface area contributed by atoms with Crippen LogP contribution in [0.5, 0.6) is 0 Å². The highest BCUT2D eigenvalue weighted by molar-refractivity contribution is 7.18. The number of piperazine rings is 1. The molecule has 1 aromatic heterocycles. The van der Waals surface area contributed by atoms with E-state index in [1.807, 2.05) is 36.9 Å². The number of fused-ring (bicyclic) bond motifs is 1. The lowest BCUT2D eigenvalue weighted by molar-refractivity contribution is -0.138. The van der Waals surface area contributed by atoms with Crippen LogP contribution in [0.1, 0.15) is 25.8 Å². The molecular formula is C19H26N4O2S. The van der Waals surface area contributed by atoms with Gasteiger partial charge in [-0.15, -0.1) is 11.3 Å². The summed E-state index contributed by atoms with van der Waals surface area (Å²) in [6, 6.07) is 7.75. The van der Waals surface area contributed by atoms with E-state index in [4.69, 9.17) is 4.98 Å². The van der Waals surface area contributed by atoms with Crippen LogP contribution in [-0.4, -0.2) is 58.8 Å². The Morgan fingerprint density at radius 2 is 1.88 bits per heavy atom. The zero-order valence-electron chi connectivity index (χ0n) is 15.6. The van der Waals surface area contributed by atoms with Crippen LogP contribution < -0.4 is 5.32 Å². The Labute approximate surface area is 158 Å². The highest BCUT2D eigenvalue weighted by Crippen LogP contribution is 2.23. The molecule has 7 heteroatoms. The minimum absolute atomic E-state index is 0.0230. The second kappa shape index (κ2) is 8.14. The number of thiazole rings is 1. The summed E-state index contributed by atoms with van der Waals surface area (Å²) < 4.78 is 1.21. The molecule has 140 valence electrons. The summed E-state index contributed by atoms with van der Waals surface area (Å²) in [5, 5.41) is 3.91. The minimum atomic E-state index is -0.441. The van der Waals surface area contributed by atoms with Gasteiger partial charge in [0.25, 0.3) is 0 Å². The number of hydrogen-bond donors (Lipinski definition) is 1. The molecule has 2 heterocycles. The van der Waals surface area contributed by atoms with Gasteiger partial charge in [0.1, 0.15) is 11.0 Å². The van der Waals surface area contributed by atoms with Crippen molar-refractivity contribution in [2.45, 2.75) is 33.4 Å². The van der Waals surface area contributed by atoms with E-state index in [0.717, 1.165) is 30.2 Å². The number of nitrogens with one attached hydrogen (secondary N) is 1. The normalized spacial score (nSPS) is 16.8. The van der Waals surface area contributed by atoms with E-state index in [2.05, 4.69) is 16.3 Å². The van der Waals surface area contributed by atoms with Crippen LogP contribution in [0.25, 0.3) is 10.2 Å². The maximum absolute atomic E-state index is 12.7. The second-order valence-electron chi connectivity index (χ2n) is 7.10. The van der Waals surface area contributed by atoms with Gasteiger partial charge in [0, 0.05) is 33.1 Å². The van der Waals surface area contributed by atoms with Gasteiger partial charge < -0.3 is 10.2 Å². The molecule has 1 aliphatic heterocycles. The van der Waals surface area contributed by atoms with E-state index in [1.165, 1.54) is 11.6 Å². The maximum Gasteiger partial charge on any atom is 0.245 e. The van der Waals surface area contributed by atoms with Gasteiger partial charge in [0.15, 0.2) is 0 Å². The summed E-state index contributed by atoms with van der Waals surface area (Å²) in [6.07, 6.45) is 0. The number of rotatable bonds is 5. The topological polar surface area (TPSA) is 65.5 Å². The lowest BCUT2D eigenvalue weighted by atomic mass is 10.0. The molecule has 0 unspecified atom stereocenters. The Hall–Kier alpha value is -1.99. The average Bonchev–Trinajstić information content (AvgIpc) is 3.01. The van der Waals surface area contributed by atoms with E-state index in [9.17, 15) is 9.59 Å². The predicted molar refractivity (Wildman–Crippen MR) is 104 cm³/mol. The van der Waals surface area contributed by atoms with Gasteiger partial charge in [-0.2, -0.15) is 0 Å². The molecule has 1 aromatic carbocycles.